The van der Waals surface area contributed by atoms with Gasteiger partial charge in [0.25, 0.3) is 6.71 Å². The van der Waals surface area contributed by atoms with Gasteiger partial charge in [-0.2, -0.15) is 0 Å². The van der Waals surface area contributed by atoms with Crippen molar-refractivity contribution in [3.63, 3.8) is 0 Å². The molecule has 3 heterocycles. The largest absolute Gasteiger partial charge is 0.458 e. The zero-order valence-electron chi connectivity index (χ0n) is 39.3. The zero-order chi connectivity index (χ0) is 45.2. The molecule has 0 atom stereocenters. The summed E-state index contributed by atoms with van der Waals surface area (Å²) >= 11 is 0. The van der Waals surface area contributed by atoms with Crippen molar-refractivity contribution in [3.8, 4) is 39.8 Å². The van der Waals surface area contributed by atoms with Crippen LogP contribution in [0.5, 0.6) is 23.0 Å². The lowest BCUT2D eigenvalue weighted by molar-refractivity contribution is 0.458. The predicted molar refractivity (Wildman–Crippen MR) is 281 cm³/mol. The highest BCUT2D eigenvalue weighted by Gasteiger charge is 2.41. The highest BCUT2D eigenvalue weighted by Crippen LogP contribution is 2.46. The van der Waals surface area contributed by atoms with Crippen LogP contribution in [0.25, 0.3) is 81.7 Å². The first-order valence-corrected chi connectivity index (χ1v) is 23.6. The van der Waals surface area contributed by atoms with E-state index in [1.54, 1.807) is 0 Å². The summed E-state index contributed by atoms with van der Waals surface area (Å²) in [5, 5.41) is 12.9. The molecule has 0 N–H and O–H groups in total. The molecule has 0 aliphatic carbocycles. The Morgan fingerprint density at radius 2 is 0.924 bits per heavy atom. The predicted octanol–water partition coefficient (Wildman–Crippen LogP) is 15.1. The fourth-order valence-corrected chi connectivity index (χ4v) is 11.4. The molecule has 320 valence electrons. The van der Waals surface area contributed by atoms with E-state index in [4.69, 9.17) is 9.47 Å². The van der Waals surface area contributed by atoms with Crippen LogP contribution in [0.15, 0.2) is 152 Å². The smallest absolute Gasteiger partial charge is 0.260 e. The Morgan fingerprint density at radius 1 is 0.394 bits per heavy atom. The van der Waals surface area contributed by atoms with Crippen LogP contribution in [0.1, 0.15) is 79.0 Å². The Labute approximate surface area is 387 Å². The summed E-state index contributed by atoms with van der Waals surface area (Å²) in [4.78, 5) is 0. The fraction of sp³-hybridized carbons (Fsp3) is 0.194. The third kappa shape index (κ3) is 5.63. The average Bonchev–Trinajstić information content (AvgIpc) is 3.62. The minimum atomic E-state index is -0.123. The minimum Gasteiger partial charge on any atom is -0.458 e. The van der Waals surface area contributed by atoms with Gasteiger partial charge in [0.2, 0.25) is 0 Å². The first kappa shape index (κ1) is 39.3. The van der Waals surface area contributed by atoms with Gasteiger partial charge in [0.15, 0.2) is 0 Å². The van der Waals surface area contributed by atoms with E-state index in [0.29, 0.717) is 0 Å². The monoisotopic (exact) mass is 853 g/mol. The minimum absolute atomic E-state index is 0.0269. The second kappa shape index (κ2) is 13.3. The summed E-state index contributed by atoms with van der Waals surface area (Å²) in [5.41, 5.74) is 13.0. The first-order chi connectivity index (χ1) is 31.6. The van der Waals surface area contributed by atoms with Gasteiger partial charge in [0.1, 0.15) is 23.0 Å². The van der Waals surface area contributed by atoms with E-state index in [-0.39, 0.29) is 23.0 Å². The normalized spacial score (nSPS) is 13.7. The van der Waals surface area contributed by atoms with Crippen molar-refractivity contribution in [2.24, 2.45) is 0 Å². The molecule has 0 saturated heterocycles. The van der Waals surface area contributed by atoms with Crippen LogP contribution in [-0.2, 0) is 16.2 Å². The van der Waals surface area contributed by atoms with Crippen LogP contribution >= 0.6 is 0 Å². The molecule has 0 bridgehead atoms. The fourth-order valence-electron chi connectivity index (χ4n) is 11.4. The van der Waals surface area contributed by atoms with Gasteiger partial charge in [-0.05, 0) is 147 Å². The van der Waals surface area contributed by atoms with E-state index in [2.05, 4.69) is 219 Å². The van der Waals surface area contributed by atoms with Gasteiger partial charge in [-0.3, -0.25) is 0 Å². The van der Waals surface area contributed by atoms with Crippen molar-refractivity contribution in [2.75, 3.05) is 0 Å². The molecule has 3 nitrogen and oxygen atoms in total. The van der Waals surface area contributed by atoms with E-state index in [1.807, 2.05) is 0 Å². The van der Waals surface area contributed by atoms with E-state index in [1.165, 1.54) is 87.1 Å². The number of rotatable bonds is 2. The first-order valence-electron chi connectivity index (χ1n) is 23.6. The van der Waals surface area contributed by atoms with Crippen LogP contribution in [0.4, 0.5) is 0 Å². The SMILES string of the molecule is CC(C)(C)c1cc2c3c(c1)Oc1cc(-n4c5ccc(C(C)(C)C)cc5c5cc(C(C)(C)C)ccc54)ccc1B3c1ccc(-c3ccc4cccc5c6cccc7cccc(c3c45)c76)cc1O2. The Kier molecular flexibility index (Phi) is 7.92. The molecule has 10 aromatic carbocycles. The van der Waals surface area contributed by atoms with Crippen LogP contribution in [0.2, 0.25) is 0 Å². The molecule has 2 aliphatic rings. The van der Waals surface area contributed by atoms with E-state index >= 15 is 0 Å². The number of fused-ring (bicyclic) bond motifs is 9. The summed E-state index contributed by atoms with van der Waals surface area (Å²) in [7, 11) is 0. The second-order valence-corrected chi connectivity index (χ2v) is 22.1. The highest BCUT2D eigenvalue weighted by atomic mass is 16.5. The van der Waals surface area contributed by atoms with Crippen molar-refractivity contribution in [3.05, 3.63) is 168 Å². The lowest BCUT2D eigenvalue weighted by Crippen LogP contribution is -2.57. The maximum absolute atomic E-state index is 7.11. The van der Waals surface area contributed by atoms with Gasteiger partial charge in [0, 0.05) is 28.0 Å². The van der Waals surface area contributed by atoms with Crippen molar-refractivity contribution < 1.29 is 9.47 Å². The van der Waals surface area contributed by atoms with Crippen LogP contribution in [-0.4, -0.2) is 11.3 Å². The van der Waals surface area contributed by atoms with Crippen molar-refractivity contribution in [1.82, 2.24) is 4.57 Å². The van der Waals surface area contributed by atoms with Crippen LogP contribution in [0.3, 0.4) is 0 Å². The number of benzene rings is 10. The number of aromatic nitrogens is 1. The van der Waals surface area contributed by atoms with Crippen LogP contribution < -0.4 is 25.9 Å². The standard InChI is InChI=1S/C62H52BNO2/c1-60(2,3)38-21-27-50-46(30-38)47-31-39(61(4,5)6)22-28-51(47)64(50)41-23-26-49-53(34-41)66-55-33-40(62(7,8)9)32-54-59(55)63(49)48-25-20-37(29-52(48)65-54)42-24-19-36-15-11-17-44-43-16-10-13-35-14-12-18-45(56(35)43)58(42)57(36)44/h10-34H,1-9H3. The number of hydrogen-bond donors (Lipinski definition) is 0. The van der Waals surface area contributed by atoms with E-state index in [9.17, 15) is 0 Å². The summed E-state index contributed by atoms with van der Waals surface area (Å²) in [6.45, 7) is 20.5. The lowest BCUT2D eigenvalue weighted by Gasteiger charge is -2.35. The van der Waals surface area contributed by atoms with Crippen molar-refractivity contribution in [1.29, 1.82) is 0 Å². The Hall–Kier alpha value is -7.04. The van der Waals surface area contributed by atoms with Crippen LogP contribution in [0, 0.1) is 0 Å². The molecule has 2 aliphatic heterocycles. The molecule has 66 heavy (non-hydrogen) atoms. The molecule has 0 spiro atoms. The molecule has 0 amide bonds. The molecule has 11 aromatic rings. The van der Waals surface area contributed by atoms with Crippen molar-refractivity contribution in [2.45, 2.75) is 78.6 Å². The third-order valence-corrected chi connectivity index (χ3v) is 14.9. The summed E-state index contributed by atoms with van der Waals surface area (Å²) in [5.74, 6) is 3.51. The van der Waals surface area contributed by atoms with Crippen molar-refractivity contribution >= 4 is 88.0 Å². The molecule has 0 unspecified atom stereocenters. The van der Waals surface area contributed by atoms with Gasteiger partial charge >= 0.3 is 0 Å². The molecule has 1 aromatic heterocycles. The Bertz CT molecular complexity index is 3810. The topological polar surface area (TPSA) is 23.4 Å². The summed E-state index contributed by atoms with van der Waals surface area (Å²) < 4.78 is 16.7. The number of hydrogen-bond acceptors (Lipinski definition) is 2. The molecule has 13 rings (SSSR count). The Balaban J connectivity index is 1.01. The summed E-state index contributed by atoms with van der Waals surface area (Å²) in [6.07, 6.45) is 0. The van der Waals surface area contributed by atoms with Gasteiger partial charge in [-0.15, -0.1) is 0 Å². The molecule has 0 fully saturated rings. The Morgan fingerprint density at radius 3 is 1.52 bits per heavy atom. The number of nitrogens with zero attached hydrogens (tertiary/aromatic N) is 1. The molecular formula is C62H52BNO2. The number of ether oxygens (including phenoxy) is 2. The molecule has 0 radical (unpaired) electrons. The molecule has 4 heteroatoms. The second-order valence-electron chi connectivity index (χ2n) is 22.1. The summed E-state index contributed by atoms with van der Waals surface area (Å²) in [6, 6.07) is 57.2. The quantitative estimate of drug-likeness (QED) is 0.0982. The van der Waals surface area contributed by atoms with Gasteiger partial charge < -0.3 is 14.0 Å². The van der Waals surface area contributed by atoms with E-state index in [0.717, 1.165) is 50.6 Å². The lowest BCUT2D eigenvalue weighted by atomic mass is 9.34. The van der Waals surface area contributed by atoms with Gasteiger partial charge in [0.05, 0.1) is 11.0 Å². The molecule has 0 saturated carbocycles. The maximum Gasteiger partial charge on any atom is 0.260 e. The average molecular weight is 854 g/mol. The van der Waals surface area contributed by atoms with Gasteiger partial charge in [-0.1, -0.05) is 159 Å². The third-order valence-electron chi connectivity index (χ3n) is 14.9. The van der Waals surface area contributed by atoms with E-state index < -0.39 is 0 Å². The maximum atomic E-state index is 7.11. The highest BCUT2D eigenvalue weighted by molar-refractivity contribution is 6.98. The molecular weight excluding hydrogens is 801 g/mol. The zero-order valence-corrected chi connectivity index (χ0v) is 39.3. The van der Waals surface area contributed by atoms with Gasteiger partial charge in [-0.25, -0.2) is 0 Å².